The first kappa shape index (κ1) is 9.97. The van der Waals surface area contributed by atoms with Gasteiger partial charge in [-0.1, -0.05) is 19.3 Å². The number of carbonyl (C=O) groups is 1. The van der Waals surface area contributed by atoms with Crippen molar-refractivity contribution < 1.29 is 9.90 Å². The van der Waals surface area contributed by atoms with Crippen LogP contribution in [0.3, 0.4) is 0 Å². The first-order valence-corrected chi connectivity index (χ1v) is 5.76. The summed E-state index contributed by atoms with van der Waals surface area (Å²) in [6, 6.07) is 0. The van der Waals surface area contributed by atoms with E-state index < -0.39 is 6.23 Å². The van der Waals surface area contributed by atoms with E-state index in [2.05, 4.69) is 0 Å². The number of nitrogens with zero attached hydrogens (tertiary/aromatic N) is 1. The number of amides is 1. The van der Waals surface area contributed by atoms with Gasteiger partial charge < -0.3 is 10.0 Å². The molecule has 1 saturated heterocycles. The summed E-state index contributed by atoms with van der Waals surface area (Å²) in [6.45, 7) is 0.760. The van der Waals surface area contributed by atoms with E-state index in [1.165, 1.54) is 19.3 Å². The van der Waals surface area contributed by atoms with Crippen molar-refractivity contribution in [2.45, 2.75) is 51.2 Å². The lowest BCUT2D eigenvalue weighted by Gasteiger charge is -2.32. The fourth-order valence-corrected chi connectivity index (χ4v) is 2.64. The molecule has 1 atom stereocenters. The molecule has 0 spiro atoms. The van der Waals surface area contributed by atoms with Gasteiger partial charge >= 0.3 is 0 Å². The normalized spacial score (nSPS) is 26.9. The van der Waals surface area contributed by atoms with Crippen molar-refractivity contribution in [1.82, 2.24) is 4.90 Å². The maximum Gasteiger partial charge on any atom is 0.224 e. The lowest BCUT2D eigenvalue weighted by atomic mass is 9.87. The van der Waals surface area contributed by atoms with Crippen LogP contribution in [0.25, 0.3) is 0 Å². The molecule has 14 heavy (non-hydrogen) atoms. The average molecular weight is 197 g/mol. The van der Waals surface area contributed by atoms with E-state index in [0.29, 0.717) is 12.3 Å². The highest BCUT2D eigenvalue weighted by molar-refractivity contribution is 5.78. The number of hydrogen-bond acceptors (Lipinski definition) is 2. The van der Waals surface area contributed by atoms with Crippen LogP contribution >= 0.6 is 0 Å². The first-order valence-electron chi connectivity index (χ1n) is 5.76. The molecule has 1 aliphatic heterocycles. The molecule has 1 N–H and O–H groups in total. The monoisotopic (exact) mass is 197 g/mol. The summed E-state index contributed by atoms with van der Waals surface area (Å²) in [4.78, 5) is 13.1. The lowest BCUT2D eigenvalue weighted by Crippen LogP contribution is -2.41. The average Bonchev–Trinajstić information content (AvgIpc) is 2.65. The van der Waals surface area contributed by atoms with Crippen molar-refractivity contribution in [2.75, 3.05) is 6.54 Å². The van der Waals surface area contributed by atoms with Gasteiger partial charge in [-0.05, 0) is 19.3 Å². The minimum atomic E-state index is -0.495. The Hall–Kier alpha value is -0.570. The third-order valence-electron chi connectivity index (χ3n) is 3.50. The Morgan fingerprint density at radius 1 is 1.21 bits per heavy atom. The van der Waals surface area contributed by atoms with Crippen molar-refractivity contribution in [2.24, 2.45) is 5.92 Å². The second-order valence-corrected chi connectivity index (χ2v) is 4.50. The van der Waals surface area contributed by atoms with Crippen LogP contribution in [0.1, 0.15) is 44.9 Å². The minimum Gasteiger partial charge on any atom is -0.373 e. The summed E-state index contributed by atoms with van der Waals surface area (Å²) in [6.07, 6.45) is 6.94. The van der Waals surface area contributed by atoms with E-state index in [4.69, 9.17) is 0 Å². The molecule has 1 heterocycles. The summed E-state index contributed by atoms with van der Waals surface area (Å²) in [5.41, 5.74) is 0. The zero-order valence-electron chi connectivity index (χ0n) is 8.61. The van der Waals surface area contributed by atoms with Gasteiger partial charge in [-0.15, -0.1) is 0 Å². The van der Waals surface area contributed by atoms with Gasteiger partial charge in [0.1, 0.15) is 6.23 Å². The fraction of sp³-hybridized carbons (Fsp3) is 0.909. The third kappa shape index (κ3) is 1.92. The highest BCUT2D eigenvalue weighted by atomic mass is 16.3. The largest absolute Gasteiger partial charge is 0.373 e. The van der Waals surface area contributed by atoms with Crippen molar-refractivity contribution in [3.63, 3.8) is 0 Å². The predicted octanol–water partition coefficient (Wildman–Crippen LogP) is 1.51. The van der Waals surface area contributed by atoms with E-state index in [1.54, 1.807) is 4.90 Å². The summed E-state index contributed by atoms with van der Waals surface area (Å²) in [7, 11) is 0. The van der Waals surface area contributed by atoms with Gasteiger partial charge in [0, 0.05) is 18.9 Å². The van der Waals surface area contributed by atoms with Crippen molar-refractivity contribution in [3.05, 3.63) is 0 Å². The number of aliphatic hydroxyl groups is 1. The summed E-state index contributed by atoms with van der Waals surface area (Å²) >= 11 is 0. The van der Waals surface area contributed by atoms with Crippen LogP contribution < -0.4 is 0 Å². The maximum atomic E-state index is 11.4. The quantitative estimate of drug-likeness (QED) is 0.729. The van der Waals surface area contributed by atoms with E-state index in [-0.39, 0.29) is 5.91 Å². The molecule has 2 aliphatic rings. The Labute approximate surface area is 85.1 Å². The summed E-state index contributed by atoms with van der Waals surface area (Å²) in [5.74, 6) is 0.480. The molecule has 0 aromatic rings. The van der Waals surface area contributed by atoms with Crippen LogP contribution in [0, 0.1) is 5.92 Å². The molecule has 2 fully saturated rings. The zero-order chi connectivity index (χ0) is 9.97. The molecule has 80 valence electrons. The number of carbonyl (C=O) groups excluding carboxylic acids is 1. The van der Waals surface area contributed by atoms with Crippen LogP contribution in [0.5, 0.6) is 0 Å². The third-order valence-corrected chi connectivity index (χ3v) is 3.50. The topological polar surface area (TPSA) is 40.5 Å². The predicted molar refractivity (Wildman–Crippen MR) is 53.5 cm³/mol. The Balaban J connectivity index is 1.92. The van der Waals surface area contributed by atoms with Gasteiger partial charge in [0.25, 0.3) is 0 Å². The van der Waals surface area contributed by atoms with Crippen LogP contribution in [0.4, 0.5) is 0 Å². The van der Waals surface area contributed by atoms with Crippen LogP contribution in [0.2, 0.25) is 0 Å². The van der Waals surface area contributed by atoms with Gasteiger partial charge in [-0.3, -0.25) is 4.79 Å². The number of aliphatic hydroxyl groups excluding tert-OH is 1. The summed E-state index contributed by atoms with van der Waals surface area (Å²) < 4.78 is 0. The SMILES string of the molecule is O=C1CCCN1C(O)C1CCCCC1. The highest BCUT2D eigenvalue weighted by Crippen LogP contribution is 2.29. The van der Waals surface area contributed by atoms with Crippen LogP contribution in [-0.4, -0.2) is 28.7 Å². The first-order chi connectivity index (χ1) is 6.79. The Morgan fingerprint density at radius 2 is 1.93 bits per heavy atom. The molecule has 1 amide bonds. The molecule has 3 heteroatoms. The number of hydrogen-bond donors (Lipinski definition) is 1. The molecular weight excluding hydrogens is 178 g/mol. The van der Waals surface area contributed by atoms with Crippen molar-refractivity contribution in [3.8, 4) is 0 Å². The van der Waals surface area contributed by atoms with Gasteiger partial charge in [0.15, 0.2) is 0 Å². The van der Waals surface area contributed by atoms with E-state index in [9.17, 15) is 9.90 Å². The molecule has 0 bridgehead atoms. The Kier molecular flexibility index (Phi) is 3.06. The second kappa shape index (κ2) is 4.30. The molecule has 0 radical (unpaired) electrons. The smallest absolute Gasteiger partial charge is 0.224 e. The maximum absolute atomic E-state index is 11.4. The molecular formula is C11H19NO2. The van der Waals surface area contributed by atoms with E-state index in [1.807, 2.05) is 0 Å². The van der Waals surface area contributed by atoms with Gasteiger partial charge in [0.2, 0.25) is 5.91 Å². The molecule has 0 aromatic carbocycles. The molecule has 1 unspecified atom stereocenters. The van der Waals surface area contributed by atoms with Crippen LogP contribution in [-0.2, 0) is 4.79 Å². The minimum absolute atomic E-state index is 0.142. The summed E-state index contributed by atoms with van der Waals surface area (Å²) in [5, 5.41) is 10.0. The molecule has 0 aromatic heterocycles. The number of likely N-dealkylation sites (tertiary alicyclic amines) is 1. The van der Waals surface area contributed by atoms with Crippen molar-refractivity contribution >= 4 is 5.91 Å². The molecule has 1 saturated carbocycles. The van der Waals surface area contributed by atoms with Gasteiger partial charge in [-0.25, -0.2) is 0 Å². The fourth-order valence-electron chi connectivity index (χ4n) is 2.64. The number of rotatable bonds is 2. The Morgan fingerprint density at radius 3 is 2.50 bits per heavy atom. The zero-order valence-corrected chi connectivity index (χ0v) is 8.61. The van der Waals surface area contributed by atoms with E-state index >= 15 is 0 Å². The standard InChI is InChI=1S/C11H19NO2/c13-10-7-4-8-12(10)11(14)9-5-2-1-3-6-9/h9,11,14H,1-8H2. The highest BCUT2D eigenvalue weighted by Gasteiger charge is 2.32. The lowest BCUT2D eigenvalue weighted by molar-refractivity contribution is -0.140. The van der Waals surface area contributed by atoms with Crippen LogP contribution in [0.15, 0.2) is 0 Å². The van der Waals surface area contributed by atoms with Gasteiger partial charge in [-0.2, -0.15) is 0 Å². The molecule has 2 rings (SSSR count). The molecule has 1 aliphatic carbocycles. The van der Waals surface area contributed by atoms with E-state index in [0.717, 1.165) is 25.8 Å². The Bertz CT molecular complexity index is 211. The second-order valence-electron chi connectivity index (χ2n) is 4.50. The van der Waals surface area contributed by atoms with Gasteiger partial charge in [0.05, 0.1) is 0 Å². The molecule has 3 nitrogen and oxygen atoms in total. The van der Waals surface area contributed by atoms with Crippen molar-refractivity contribution in [1.29, 1.82) is 0 Å².